The minimum absolute atomic E-state index is 0.0692. The SMILES string of the molecule is O=S1(=O)C[C@H](N/N=C/c2ccccc2)[C@@H](O)C1. The third-order valence-corrected chi connectivity index (χ3v) is 4.29. The van der Waals surface area contributed by atoms with Crippen molar-refractivity contribution in [1.29, 1.82) is 0 Å². The van der Waals surface area contributed by atoms with E-state index < -0.39 is 22.0 Å². The molecular formula is C11H14N2O3S. The molecule has 0 aliphatic carbocycles. The predicted octanol–water partition coefficient (Wildman–Crippen LogP) is -0.232. The lowest BCUT2D eigenvalue weighted by Gasteiger charge is -2.11. The van der Waals surface area contributed by atoms with Crippen LogP contribution < -0.4 is 5.43 Å². The highest BCUT2D eigenvalue weighted by molar-refractivity contribution is 7.91. The molecule has 1 aliphatic rings. The molecule has 0 unspecified atom stereocenters. The first kappa shape index (κ1) is 12.1. The Morgan fingerprint density at radius 1 is 1.29 bits per heavy atom. The van der Waals surface area contributed by atoms with Crippen molar-refractivity contribution >= 4 is 16.1 Å². The van der Waals surface area contributed by atoms with Gasteiger partial charge >= 0.3 is 0 Å². The maximum atomic E-state index is 11.2. The van der Waals surface area contributed by atoms with Crippen LogP contribution in [0.3, 0.4) is 0 Å². The van der Waals surface area contributed by atoms with Crippen LogP contribution in [0.4, 0.5) is 0 Å². The summed E-state index contributed by atoms with van der Waals surface area (Å²) in [5, 5.41) is 13.4. The summed E-state index contributed by atoms with van der Waals surface area (Å²) in [6, 6.07) is 8.92. The van der Waals surface area contributed by atoms with Crippen molar-refractivity contribution in [3.63, 3.8) is 0 Å². The summed E-state index contributed by atoms with van der Waals surface area (Å²) in [6.07, 6.45) is 0.713. The van der Waals surface area contributed by atoms with Gasteiger partial charge in [-0.3, -0.25) is 0 Å². The Morgan fingerprint density at radius 2 is 2.00 bits per heavy atom. The van der Waals surface area contributed by atoms with Crippen molar-refractivity contribution in [1.82, 2.24) is 5.43 Å². The van der Waals surface area contributed by atoms with Crippen LogP contribution in [0, 0.1) is 0 Å². The Kier molecular flexibility index (Phi) is 3.44. The van der Waals surface area contributed by atoms with Crippen LogP contribution in [0.15, 0.2) is 35.4 Å². The zero-order valence-electron chi connectivity index (χ0n) is 9.15. The number of aliphatic hydroxyl groups is 1. The van der Waals surface area contributed by atoms with Crippen LogP contribution in [-0.2, 0) is 9.84 Å². The molecule has 1 aromatic carbocycles. The zero-order valence-corrected chi connectivity index (χ0v) is 9.97. The molecule has 2 rings (SSSR count). The number of hydrogen-bond donors (Lipinski definition) is 2. The van der Waals surface area contributed by atoms with Gasteiger partial charge in [0.2, 0.25) is 0 Å². The van der Waals surface area contributed by atoms with Gasteiger partial charge in [-0.15, -0.1) is 0 Å². The van der Waals surface area contributed by atoms with E-state index in [1.54, 1.807) is 6.21 Å². The first-order valence-electron chi connectivity index (χ1n) is 5.29. The highest BCUT2D eigenvalue weighted by Gasteiger charge is 2.36. The molecule has 6 heteroatoms. The standard InChI is InChI=1S/C11H14N2O3S/c14-11-8-17(15,16)7-10(11)13-12-6-9-4-2-1-3-5-9/h1-6,10-11,13-14H,7-8H2/b12-6+/t10-,11-/m0/s1. The van der Waals surface area contributed by atoms with Crippen molar-refractivity contribution in [3.8, 4) is 0 Å². The Labute approximate surface area is 100 Å². The Balaban J connectivity index is 1.93. The fraction of sp³-hybridized carbons (Fsp3) is 0.364. The van der Waals surface area contributed by atoms with Gasteiger partial charge in [-0.25, -0.2) is 8.42 Å². The Bertz CT molecular complexity index is 499. The summed E-state index contributed by atoms with van der Waals surface area (Å²) < 4.78 is 22.5. The normalized spacial score (nSPS) is 27.4. The molecule has 0 aromatic heterocycles. The molecule has 2 atom stereocenters. The largest absolute Gasteiger partial charge is 0.390 e. The van der Waals surface area contributed by atoms with E-state index in [2.05, 4.69) is 10.5 Å². The van der Waals surface area contributed by atoms with Crippen LogP contribution >= 0.6 is 0 Å². The summed E-state index contributed by atoms with van der Waals surface area (Å²) in [5.74, 6) is -0.258. The quantitative estimate of drug-likeness (QED) is 0.577. The van der Waals surface area contributed by atoms with Gasteiger partial charge < -0.3 is 10.5 Å². The van der Waals surface area contributed by atoms with E-state index in [4.69, 9.17) is 0 Å². The Hall–Kier alpha value is -1.40. The van der Waals surface area contributed by atoms with Crippen LogP contribution in [0.25, 0.3) is 0 Å². The number of nitrogens with zero attached hydrogens (tertiary/aromatic N) is 1. The molecule has 2 N–H and O–H groups in total. The minimum Gasteiger partial charge on any atom is -0.390 e. The molecule has 1 saturated heterocycles. The first-order valence-corrected chi connectivity index (χ1v) is 7.11. The van der Waals surface area contributed by atoms with Crippen LogP contribution in [0.2, 0.25) is 0 Å². The summed E-state index contributed by atoms with van der Waals surface area (Å²) in [4.78, 5) is 0. The second-order valence-electron chi connectivity index (χ2n) is 4.05. The lowest BCUT2D eigenvalue weighted by Crippen LogP contribution is -2.35. The van der Waals surface area contributed by atoms with Gasteiger partial charge in [-0.05, 0) is 5.56 Å². The summed E-state index contributed by atoms with van der Waals surface area (Å²) in [7, 11) is -3.13. The summed E-state index contributed by atoms with van der Waals surface area (Å²) in [5.41, 5.74) is 3.59. The average Bonchev–Trinajstić information content (AvgIpc) is 2.53. The lowest BCUT2D eigenvalue weighted by molar-refractivity contribution is 0.167. The van der Waals surface area contributed by atoms with E-state index in [0.717, 1.165) is 5.56 Å². The number of benzene rings is 1. The molecule has 17 heavy (non-hydrogen) atoms. The van der Waals surface area contributed by atoms with E-state index in [9.17, 15) is 13.5 Å². The van der Waals surface area contributed by atoms with E-state index in [1.807, 2.05) is 30.3 Å². The van der Waals surface area contributed by atoms with Crippen molar-refractivity contribution in [2.24, 2.45) is 5.10 Å². The molecule has 0 saturated carbocycles. The molecule has 1 aromatic rings. The zero-order chi connectivity index (χ0) is 12.3. The fourth-order valence-electron chi connectivity index (χ4n) is 1.70. The smallest absolute Gasteiger partial charge is 0.155 e. The topological polar surface area (TPSA) is 78.8 Å². The van der Waals surface area contributed by atoms with Gasteiger partial charge in [0, 0.05) is 0 Å². The predicted molar refractivity (Wildman–Crippen MR) is 65.6 cm³/mol. The van der Waals surface area contributed by atoms with E-state index in [1.165, 1.54) is 0 Å². The second kappa shape index (κ2) is 4.85. The molecule has 0 spiro atoms. The number of rotatable bonds is 3. The number of hydrazone groups is 1. The molecule has 5 nitrogen and oxygen atoms in total. The van der Waals surface area contributed by atoms with E-state index in [0.29, 0.717) is 0 Å². The van der Waals surface area contributed by atoms with Crippen molar-refractivity contribution in [3.05, 3.63) is 35.9 Å². The average molecular weight is 254 g/mol. The van der Waals surface area contributed by atoms with Gasteiger partial charge in [0.25, 0.3) is 0 Å². The highest BCUT2D eigenvalue weighted by atomic mass is 32.2. The van der Waals surface area contributed by atoms with E-state index >= 15 is 0 Å². The minimum atomic E-state index is -3.13. The van der Waals surface area contributed by atoms with Gasteiger partial charge in [-0.1, -0.05) is 30.3 Å². The van der Waals surface area contributed by atoms with Crippen molar-refractivity contribution in [2.75, 3.05) is 11.5 Å². The molecule has 92 valence electrons. The summed E-state index contributed by atoms with van der Waals surface area (Å²) >= 11 is 0. The Morgan fingerprint density at radius 3 is 2.59 bits per heavy atom. The van der Waals surface area contributed by atoms with Crippen LogP contribution in [0.1, 0.15) is 5.56 Å². The van der Waals surface area contributed by atoms with Crippen LogP contribution in [-0.4, -0.2) is 43.4 Å². The lowest BCUT2D eigenvalue weighted by atomic mass is 10.2. The molecular weight excluding hydrogens is 240 g/mol. The third-order valence-electron chi connectivity index (χ3n) is 2.58. The van der Waals surface area contributed by atoms with Gasteiger partial charge in [-0.2, -0.15) is 5.10 Å². The third kappa shape index (κ3) is 3.28. The molecule has 1 heterocycles. The van der Waals surface area contributed by atoms with E-state index in [-0.39, 0.29) is 11.5 Å². The highest BCUT2D eigenvalue weighted by Crippen LogP contribution is 2.12. The molecule has 1 fully saturated rings. The number of nitrogens with one attached hydrogen (secondary N) is 1. The maximum absolute atomic E-state index is 11.2. The first-order chi connectivity index (χ1) is 8.07. The maximum Gasteiger partial charge on any atom is 0.155 e. The monoisotopic (exact) mass is 254 g/mol. The molecule has 1 aliphatic heterocycles. The van der Waals surface area contributed by atoms with Crippen LogP contribution in [0.5, 0.6) is 0 Å². The van der Waals surface area contributed by atoms with Crippen molar-refractivity contribution in [2.45, 2.75) is 12.1 Å². The second-order valence-corrected chi connectivity index (χ2v) is 6.20. The van der Waals surface area contributed by atoms with Gasteiger partial charge in [0.05, 0.1) is 29.9 Å². The molecule has 0 bridgehead atoms. The molecule has 0 amide bonds. The number of hydrogen-bond acceptors (Lipinski definition) is 5. The number of sulfone groups is 1. The van der Waals surface area contributed by atoms with Crippen molar-refractivity contribution < 1.29 is 13.5 Å². The fourth-order valence-corrected chi connectivity index (χ4v) is 3.43. The van der Waals surface area contributed by atoms with Gasteiger partial charge in [0.1, 0.15) is 0 Å². The van der Waals surface area contributed by atoms with Gasteiger partial charge in [0.15, 0.2) is 9.84 Å². The molecule has 0 radical (unpaired) electrons. The summed E-state index contributed by atoms with van der Waals surface area (Å²) in [6.45, 7) is 0. The number of aliphatic hydroxyl groups excluding tert-OH is 1.